The zero-order valence-electron chi connectivity index (χ0n) is 11.2. The van der Waals surface area contributed by atoms with Gasteiger partial charge in [-0.3, -0.25) is 4.79 Å². The molecule has 1 heterocycles. The Hall–Kier alpha value is -1.10. The summed E-state index contributed by atoms with van der Waals surface area (Å²) in [5, 5.41) is 11.4. The Morgan fingerprint density at radius 2 is 1.94 bits per heavy atom. The lowest BCUT2D eigenvalue weighted by Crippen LogP contribution is -2.49. The maximum absolute atomic E-state index is 11.6. The summed E-state index contributed by atoms with van der Waals surface area (Å²) >= 11 is 0. The molecule has 1 fully saturated rings. The van der Waals surface area contributed by atoms with Crippen LogP contribution in [0.25, 0.3) is 0 Å². The molecular formula is C13H23NO4. The van der Waals surface area contributed by atoms with Crippen molar-refractivity contribution >= 4 is 11.9 Å². The summed E-state index contributed by atoms with van der Waals surface area (Å²) in [6, 6.07) is 0. The summed E-state index contributed by atoms with van der Waals surface area (Å²) in [5.41, 5.74) is -1.18. The van der Waals surface area contributed by atoms with Crippen LogP contribution in [0.4, 0.5) is 0 Å². The van der Waals surface area contributed by atoms with Crippen molar-refractivity contribution in [3.63, 3.8) is 0 Å². The highest BCUT2D eigenvalue weighted by Crippen LogP contribution is 2.20. The topological polar surface area (TPSA) is 75.6 Å². The van der Waals surface area contributed by atoms with Crippen molar-refractivity contribution in [1.29, 1.82) is 0 Å². The molecule has 5 nitrogen and oxygen atoms in total. The first kappa shape index (κ1) is 15.0. The van der Waals surface area contributed by atoms with Gasteiger partial charge in [-0.05, 0) is 45.4 Å². The zero-order chi connectivity index (χ0) is 13.6. The summed E-state index contributed by atoms with van der Waals surface area (Å²) in [6.45, 7) is 4.63. The predicted molar refractivity (Wildman–Crippen MR) is 67.3 cm³/mol. The highest BCUT2D eigenvalue weighted by atomic mass is 16.5. The molecule has 5 heteroatoms. The van der Waals surface area contributed by atoms with Crippen LogP contribution in [0.5, 0.6) is 0 Å². The number of carboxylic acids is 1. The standard InChI is InChI=1S/C13H23NO4/c1-13(2,12(16)17)14-11(15)5-3-4-10-6-8-18-9-7-10/h10H,3-9H2,1-2H3,(H,14,15)(H,16,17). The maximum Gasteiger partial charge on any atom is 0.328 e. The molecule has 0 spiro atoms. The highest BCUT2D eigenvalue weighted by molar-refractivity contribution is 5.86. The van der Waals surface area contributed by atoms with Crippen LogP contribution < -0.4 is 5.32 Å². The van der Waals surface area contributed by atoms with E-state index < -0.39 is 11.5 Å². The van der Waals surface area contributed by atoms with E-state index in [2.05, 4.69) is 5.32 Å². The fourth-order valence-electron chi connectivity index (χ4n) is 2.05. The van der Waals surface area contributed by atoms with Crippen LogP contribution in [-0.2, 0) is 14.3 Å². The number of carbonyl (C=O) groups is 2. The average Bonchev–Trinajstić information content (AvgIpc) is 2.29. The van der Waals surface area contributed by atoms with Crippen molar-refractivity contribution in [1.82, 2.24) is 5.32 Å². The van der Waals surface area contributed by atoms with Crippen molar-refractivity contribution in [3.8, 4) is 0 Å². The smallest absolute Gasteiger partial charge is 0.328 e. The zero-order valence-corrected chi connectivity index (χ0v) is 11.2. The van der Waals surface area contributed by atoms with Crippen LogP contribution in [-0.4, -0.2) is 35.7 Å². The second-order valence-corrected chi connectivity index (χ2v) is 5.43. The molecular weight excluding hydrogens is 234 g/mol. The van der Waals surface area contributed by atoms with E-state index in [1.165, 1.54) is 13.8 Å². The van der Waals surface area contributed by atoms with Crippen molar-refractivity contribution < 1.29 is 19.4 Å². The molecule has 0 unspecified atom stereocenters. The minimum atomic E-state index is -1.18. The summed E-state index contributed by atoms with van der Waals surface area (Å²) < 4.78 is 5.27. The Balaban J connectivity index is 2.18. The second-order valence-electron chi connectivity index (χ2n) is 5.43. The molecule has 104 valence electrons. The van der Waals surface area contributed by atoms with E-state index in [0.717, 1.165) is 38.9 Å². The molecule has 0 aromatic heterocycles. The molecule has 1 aliphatic rings. The van der Waals surface area contributed by atoms with E-state index in [0.29, 0.717) is 12.3 Å². The number of hydrogen-bond acceptors (Lipinski definition) is 3. The van der Waals surface area contributed by atoms with Gasteiger partial charge < -0.3 is 15.2 Å². The fourth-order valence-corrected chi connectivity index (χ4v) is 2.05. The van der Waals surface area contributed by atoms with Gasteiger partial charge in [0, 0.05) is 19.6 Å². The van der Waals surface area contributed by atoms with Crippen molar-refractivity contribution in [2.24, 2.45) is 5.92 Å². The normalized spacial score (nSPS) is 17.4. The second kappa shape index (κ2) is 6.73. The van der Waals surface area contributed by atoms with Gasteiger partial charge in [0.25, 0.3) is 0 Å². The lowest BCUT2D eigenvalue weighted by atomic mass is 9.94. The third kappa shape index (κ3) is 5.04. The molecule has 0 bridgehead atoms. The molecule has 0 saturated carbocycles. The Morgan fingerprint density at radius 3 is 2.50 bits per heavy atom. The minimum absolute atomic E-state index is 0.186. The van der Waals surface area contributed by atoms with Gasteiger partial charge in [0.05, 0.1) is 0 Å². The van der Waals surface area contributed by atoms with E-state index in [1.54, 1.807) is 0 Å². The van der Waals surface area contributed by atoms with Crippen LogP contribution >= 0.6 is 0 Å². The third-order valence-corrected chi connectivity index (χ3v) is 3.34. The summed E-state index contributed by atoms with van der Waals surface area (Å²) in [4.78, 5) is 22.5. The van der Waals surface area contributed by atoms with Crippen LogP contribution in [0.1, 0.15) is 46.0 Å². The van der Waals surface area contributed by atoms with Gasteiger partial charge in [-0.1, -0.05) is 0 Å². The molecule has 2 N–H and O–H groups in total. The van der Waals surface area contributed by atoms with E-state index in [9.17, 15) is 9.59 Å². The number of amides is 1. The van der Waals surface area contributed by atoms with E-state index in [-0.39, 0.29) is 5.91 Å². The fraction of sp³-hybridized carbons (Fsp3) is 0.846. The van der Waals surface area contributed by atoms with Gasteiger partial charge >= 0.3 is 5.97 Å². The molecule has 1 rings (SSSR count). The van der Waals surface area contributed by atoms with Crippen LogP contribution in [0.2, 0.25) is 0 Å². The Labute approximate surface area is 108 Å². The molecule has 1 aliphatic heterocycles. The Morgan fingerprint density at radius 1 is 1.33 bits per heavy atom. The van der Waals surface area contributed by atoms with Gasteiger partial charge in [0.15, 0.2) is 0 Å². The summed E-state index contributed by atoms with van der Waals surface area (Å²) in [5.74, 6) is -0.547. The molecule has 0 aliphatic carbocycles. The van der Waals surface area contributed by atoms with E-state index in [1.807, 2.05) is 0 Å². The monoisotopic (exact) mass is 257 g/mol. The Bertz CT molecular complexity index is 295. The van der Waals surface area contributed by atoms with Crippen molar-refractivity contribution in [2.45, 2.75) is 51.5 Å². The number of carboxylic acid groups (broad SMARTS) is 1. The van der Waals surface area contributed by atoms with Gasteiger partial charge in [-0.25, -0.2) is 4.79 Å². The van der Waals surface area contributed by atoms with Gasteiger partial charge in [0.2, 0.25) is 5.91 Å². The molecule has 0 aromatic carbocycles. The lowest BCUT2D eigenvalue weighted by Gasteiger charge is -2.23. The van der Waals surface area contributed by atoms with Crippen molar-refractivity contribution in [2.75, 3.05) is 13.2 Å². The maximum atomic E-state index is 11.6. The predicted octanol–water partition coefficient (Wildman–Crippen LogP) is 1.56. The summed E-state index contributed by atoms with van der Waals surface area (Å²) in [6.07, 6.45) is 4.37. The van der Waals surface area contributed by atoms with Crippen molar-refractivity contribution in [3.05, 3.63) is 0 Å². The minimum Gasteiger partial charge on any atom is -0.480 e. The van der Waals surface area contributed by atoms with Crippen LogP contribution in [0.15, 0.2) is 0 Å². The number of ether oxygens (including phenoxy) is 1. The number of aliphatic carboxylic acids is 1. The lowest BCUT2D eigenvalue weighted by molar-refractivity contribution is -0.146. The van der Waals surface area contributed by atoms with E-state index >= 15 is 0 Å². The number of rotatable bonds is 6. The van der Waals surface area contributed by atoms with Gasteiger partial charge in [0.1, 0.15) is 5.54 Å². The molecule has 1 saturated heterocycles. The first-order valence-corrected chi connectivity index (χ1v) is 6.54. The molecule has 0 aromatic rings. The molecule has 0 atom stereocenters. The average molecular weight is 257 g/mol. The number of nitrogens with one attached hydrogen (secondary N) is 1. The summed E-state index contributed by atoms with van der Waals surface area (Å²) in [7, 11) is 0. The largest absolute Gasteiger partial charge is 0.480 e. The SMILES string of the molecule is CC(C)(NC(=O)CCCC1CCOCC1)C(=O)O. The quantitative estimate of drug-likeness (QED) is 0.757. The Kier molecular flexibility index (Phi) is 5.59. The number of hydrogen-bond donors (Lipinski definition) is 2. The first-order valence-electron chi connectivity index (χ1n) is 6.54. The van der Waals surface area contributed by atoms with Crippen LogP contribution in [0, 0.1) is 5.92 Å². The molecule has 0 radical (unpaired) electrons. The highest BCUT2D eigenvalue weighted by Gasteiger charge is 2.28. The van der Waals surface area contributed by atoms with Crippen LogP contribution in [0.3, 0.4) is 0 Å². The van der Waals surface area contributed by atoms with Gasteiger partial charge in [-0.15, -0.1) is 0 Å². The third-order valence-electron chi connectivity index (χ3n) is 3.34. The van der Waals surface area contributed by atoms with Gasteiger partial charge in [-0.2, -0.15) is 0 Å². The molecule has 1 amide bonds. The van der Waals surface area contributed by atoms with E-state index in [4.69, 9.17) is 9.84 Å². The first-order chi connectivity index (χ1) is 8.42. The molecule has 18 heavy (non-hydrogen) atoms. The number of carbonyl (C=O) groups excluding carboxylic acids is 1.